The van der Waals surface area contributed by atoms with Crippen LogP contribution in [0.2, 0.25) is 0 Å². The molecule has 4 rings (SSSR count). The van der Waals surface area contributed by atoms with Crippen molar-refractivity contribution in [1.29, 1.82) is 0 Å². The van der Waals surface area contributed by atoms with E-state index in [1.54, 1.807) is 12.4 Å². The van der Waals surface area contributed by atoms with Gasteiger partial charge in [0, 0.05) is 36.3 Å². The van der Waals surface area contributed by atoms with E-state index in [9.17, 15) is 4.79 Å². The predicted molar refractivity (Wildman–Crippen MR) is 87.2 cm³/mol. The number of carbonyl (C=O) groups is 1. The molecule has 1 atom stereocenters. The Bertz CT molecular complexity index is 894. The predicted octanol–water partition coefficient (Wildman–Crippen LogP) is 2.88. The zero-order valence-electron chi connectivity index (χ0n) is 13.0. The molecule has 1 aliphatic rings. The number of aromatic nitrogens is 4. The highest BCUT2D eigenvalue weighted by Gasteiger charge is 2.31. The molecular weight excluding hydrogens is 290 g/mol. The monoisotopic (exact) mass is 307 g/mol. The lowest BCUT2D eigenvalue weighted by molar-refractivity contribution is -0.116. The van der Waals surface area contributed by atoms with Gasteiger partial charge in [0.15, 0.2) is 0 Å². The van der Waals surface area contributed by atoms with Crippen LogP contribution in [-0.4, -0.2) is 25.7 Å². The molecule has 23 heavy (non-hydrogen) atoms. The van der Waals surface area contributed by atoms with Crippen molar-refractivity contribution >= 4 is 22.8 Å². The molecule has 6 nitrogen and oxygen atoms in total. The first-order chi connectivity index (χ1) is 11.1. The molecule has 1 aromatic carbocycles. The first kappa shape index (κ1) is 13.9. The molecule has 0 fully saturated rings. The lowest BCUT2D eigenvalue weighted by atomic mass is 9.86. The van der Waals surface area contributed by atoms with E-state index in [1.807, 2.05) is 42.9 Å². The van der Waals surface area contributed by atoms with Gasteiger partial charge in [0.1, 0.15) is 5.82 Å². The summed E-state index contributed by atoms with van der Waals surface area (Å²) in [7, 11) is 0. The number of hydrogen-bond acceptors (Lipinski definition) is 4. The number of fused-ring (bicyclic) bond motifs is 2. The third-order valence-electron chi connectivity index (χ3n) is 4.24. The number of carbonyl (C=O) groups excluding carboxylic acids is 1. The van der Waals surface area contributed by atoms with E-state index in [2.05, 4.69) is 20.4 Å². The van der Waals surface area contributed by atoms with E-state index < -0.39 is 0 Å². The summed E-state index contributed by atoms with van der Waals surface area (Å²) in [4.78, 5) is 21.1. The summed E-state index contributed by atoms with van der Waals surface area (Å²) in [5.41, 5.74) is 3.75. The summed E-state index contributed by atoms with van der Waals surface area (Å²) >= 11 is 0. The van der Waals surface area contributed by atoms with Crippen LogP contribution in [0, 0.1) is 0 Å². The molecule has 1 N–H and O–H groups in total. The molecular formula is C17H17N5O. The molecule has 2 aromatic heterocycles. The molecule has 0 bridgehead atoms. The summed E-state index contributed by atoms with van der Waals surface area (Å²) in [6.45, 7) is 4.10. The minimum Gasteiger partial charge on any atom is -0.311 e. The Labute approximate surface area is 133 Å². The first-order valence-electron chi connectivity index (χ1n) is 7.72. The van der Waals surface area contributed by atoms with Gasteiger partial charge in [-0.1, -0.05) is 12.1 Å². The summed E-state index contributed by atoms with van der Waals surface area (Å²) in [5.74, 6) is 0.750. The maximum Gasteiger partial charge on any atom is 0.226 e. The van der Waals surface area contributed by atoms with Crippen LogP contribution in [0.25, 0.3) is 11.0 Å². The van der Waals surface area contributed by atoms with Crippen LogP contribution in [0.3, 0.4) is 0 Å². The largest absolute Gasteiger partial charge is 0.311 e. The van der Waals surface area contributed by atoms with Gasteiger partial charge in [0.2, 0.25) is 5.91 Å². The van der Waals surface area contributed by atoms with Crippen LogP contribution in [-0.2, 0) is 4.79 Å². The molecule has 1 amide bonds. The van der Waals surface area contributed by atoms with Gasteiger partial charge < -0.3 is 5.32 Å². The Morgan fingerprint density at radius 3 is 2.87 bits per heavy atom. The van der Waals surface area contributed by atoms with Crippen LogP contribution >= 0.6 is 0 Å². The van der Waals surface area contributed by atoms with E-state index in [-0.39, 0.29) is 17.9 Å². The standard InChI is InChI=1S/C17H17N5O/c1-10(2)22-17-13(9-20-22)12(8-15(23)21-17)11-4-3-5-14-16(11)19-7-6-18-14/h3-7,9-10,12H,8H2,1-2H3,(H,21,23)/t12-/m1/s1. The zero-order chi connectivity index (χ0) is 16.0. The van der Waals surface area contributed by atoms with Crippen LogP contribution < -0.4 is 5.32 Å². The van der Waals surface area contributed by atoms with Crippen molar-refractivity contribution < 1.29 is 4.79 Å². The van der Waals surface area contributed by atoms with E-state index in [0.29, 0.717) is 6.42 Å². The Morgan fingerprint density at radius 2 is 2.04 bits per heavy atom. The molecule has 0 saturated heterocycles. The van der Waals surface area contributed by atoms with E-state index in [1.165, 1.54) is 0 Å². The molecule has 3 aromatic rings. The van der Waals surface area contributed by atoms with E-state index >= 15 is 0 Å². The second kappa shape index (κ2) is 5.15. The number of rotatable bonds is 2. The van der Waals surface area contributed by atoms with Crippen LogP contribution in [0.4, 0.5) is 5.82 Å². The average molecular weight is 307 g/mol. The second-order valence-corrected chi connectivity index (χ2v) is 6.06. The van der Waals surface area contributed by atoms with Gasteiger partial charge in [-0.25, -0.2) is 4.68 Å². The van der Waals surface area contributed by atoms with Crippen molar-refractivity contribution in [3.8, 4) is 0 Å². The quantitative estimate of drug-likeness (QED) is 0.790. The highest BCUT2D eigenvalue weighted by molar-refractivity contribution is 5.95. The highest BCUT2D eigenvalue weighted by atomic mass is 16.1. The number of benzene rings is 1. The highest BCUT2D eigenvalue weighted by Crippen LogP contribution is 2.39. The Morgan fingerprint density at radius 1 is 1.22 bits per heavy atom. The number of nitrogens with one attached hydrogen (secondary N) is 1. The van der Waals surface area contributed by atoms with E-state index in [0.717, 1.165) is 28.0 Å². The van der Waals surface area contributed by atoms with Crippen molar-refractivity contribution in [2.24, 2.45) is 0 Å². The SMILES string of the molecule is CC(C)n1ncc2c1NC(=O)C[C@@H]2c1cccc2nccnc12. The molecule has 0 unspecified atom stereocenters. The number of nitrogens with zero attached hydrogens (tertiary/aromatic N) is 4. The molecule has 1 aliphatic heterocycles. The Hall–Kier alpha value is -2.76. The Balaban J connectivity index is 1.91. The fraction of sp³-hybridized carbons (Fsp3) is 0.294. The minimum absolute atomic E-state index is 0.00536. The van der Waals surface area contributed by atoms with Gasteiger partial charge in [-0.2, -0.15) is 5.10 Å². The molecule has 6 heteroatoms. The maximum atomic E-state index is 12.2. The van der Waals surface area contributed by atoms with Crippen molar-refractivity contribution in [3.05, 3.63) is 47.9 Å². The van der Waals surface area contributed by atoms with Gasteiger partial charge in [0.05, 0.1) is 17.2 Å². The number of amides is 1. The summed E-state index contributed by atoms with van der Waals surface area (Å²) in [6.07, 6.45) is 5.62. The third-order valence-corrected chi connectivity index (χ3v) is 4.24. The average Bonchev–Trinajstić information content (AvgIpc) is 2.97. The second-order valence-electron chi connectivity index (χ2n) is 6.06. The summed E-state index contributed by atoms with van der Waals surface area (Å²) in [6, 6.07) is 6.11. The number of para-hydroxylation sites is 1. The maximum absolute atomic E-state index is 12.2. The number of hydrogen-bond donors (Lipinski definition) is 1. The van der Waals surface area contributed by atoms with Gasteiger partial charge in [-0.15, -0.1) is 0 Å². The zero-order valence-corrected chi connectivity index (χ0v) is 13.0. The van der Waals surface area contributed by atoms with Crippen LogP contribution in [0.1, 0.15) is 43.4 Å². The van der Waals surface area contributed by atoms with E-state index in [4.69, 9.17) is 0 Å². The topological polar surface area (TPSA) is 72.7 Å². The van der Waals surface area contributed by atoms with Crippen molar-refractivity contribution in [2.45, 2.75) is 32.2 Å². The minimum atomic E-state index is -0.0494. The fourth-order valence-corrected chi connectivity index (χ4v) is 3.20. The Kier molecular flexibility index (Phi) is 3.11. The lowest BCUT2D eigenvalue weighted by Crippen LogP contribution is -2.25. The fourth-order valence-electron chi connectivity index (χ4n) is 3.20. The number of anilines is 1. The van der Waals surface area contributed by atoms with Crippen molar-refractivity contribution in [2.75, 3.05) is 5.32 Å². The van der Waals surface area contributed by atoms with Gasteiger partial charge in [-0.05, 0) is 25.5 Å². The first-order valence-corrected chi connectivity index (χ1v) is 7.72. The molecule has 116 valence electrons. The molecule has 3 heterocycles. The van der Waals surface area contributed by atoms with Gasteiger partial charge in [-0.3, -0.25) is 14.8 Å². The molecule has 0 aliphatic carbocycles. The molecule has 0 saturated carbocycles. The lowest BCUT2D eigenvalue weighted by Gasteiger charge is -2.25. The van der Waals surface area contributed by atoms with Crippen LogP contribution in [0.15, 0.2) is 36.8 Å². The van der Waals surface area contributed by atoms with Crippen LogP contribution in [0.5, 0.6) is 0 Å². The van der Waals surface area contributed by atoms with Crippen molar-refractivity contribution in [3.63, 3.8) is 0 Å². The van der Waals surface area contributed by atoms with Gasteiger partial charge in [0.25, 0.3) is 0 Å². The summed E-state index contributed by atoms with van der Waals surface area (Å²) < 4.78 is 1.86. The van der Waals surface area contributed by atoms with Crippen molar-refractivity contribution in [1.82, 2.24) is 19.7 Å². The normalized spacial score (nSPS) is 17.3. The smallest absolute Gasteiger partial charge is 0.226 e. The molecule has 0 spiro atoms. The third kappa shape index (κ3) is 2.18. The summed E-state index contributed by atoms with van der Waals surface area (Å²) in [5, 5.41) is 7.42. The van der Waals surface area contributed by atoms with Gasteiger partial charge >= 0.3 is 0 Å². The molecule has 0 radical (unpaired) electrons.